The molecule has 1 fully saturated rings. The largest absolute Gasteiger partial charge is 0.353 e. The van der Waals surface area contributed by atoms with Gasteiger partial charge in [-0.2, -0.15) is 0 Å². The molecule has 0 radical (unpaired) electrons. The van der Waals surface area contributed by atoms with Crippen molar-refractivity contribution in [2.45, 2.75) is 26.8 Å². The zero-order valence-electron chi connectivity index (χ0n) is 16.5. The van der Waals surface area contributed by atoms with Crippen LogP contribution in [0.4, 0.5) is 11.5 Å². The number of carbonyl (C=O) groups is 1. The molecule has 146 valence electrons. The highest BCUT2D eigenvalue weighted by atomic mass is 32.1. The van der Waals surface area contributed by atoms with Gasteiger partial charge in [-0.05, 0) is 49.4 Å². The first kappa shape index (κ1) is 18.8. The summed E-state index contributed by atoms with van der Waals surface area (Å²) in [6.07, 6.45) is 1.64. The Bertz CT molecular complexity index is 993. The number of amides is 1. The lowest BCUT2D eigenvalue weighted by atomic mass is 10.1. The number of anilines is 2. The Balaban J connectivity index is 1.40. The van der Waals surface area contributed by atoms with Crippen molar-refractivity contribution in [2.75, 3.05) is 36.4 Å². The number of piperazine rings is 1. The second-order valence-corrected chi connectivity index (χ2v) is 8.18. The summed E-state index contributed by atoms with van der Waals surface area (Å²) in [7, 11) is 0. The number of hydrogen-bond donors (Lipinski definition) is 1. The molecule has 0 spiro atoms. The Hall–Kier alpha value is -2.51. The topological polar surface area (TPSA) is 61.4 Å². The first-order valence-corrected chi connectivity index (χ1v) is 10.5. The van der Waals surface area contributed by atoms with Crippen LogP contribution < -0.4 is 10.2 Å². The van der Waals surface area contributed by atoms with E-state index in [9.17, 15) is 4.79 Å². The maximum atomic E-state index is 12.8. The molecule has 28 heavy (non-hydrogen) atoms. The van der Waals surface area contributed by atoms with Gasteiger partial charge in [0.15, 0.2) is 0 Å². The SMILES string of the molecule is Cc1cccc(NC(=O)[C@@H](C)N2CCN(c3ncnc4ccsc34)CC2)c1C. The van der Waals surface area contributed by atoms with Gasteiger partial charge in [0.1, 0.15) is 12.1 Å². The smallest absolute Gasteiger partial charge is 0.241 e. The predicted octanol–water partition coefficient (Wildman–Crippen LogP) is 3.46. The van der Waals surface area contributed by atoms with E-state index in [0.29, 0.717) is 0 Å². The van der Waals surface area contributed by atoms with E-state index in [1.807, 2.05) is 32.0 Å². The molecule has 1 aliphatic heterocycles. The molecular formula is C21H25N5OS. The second-order valence-electron chi connectivity index (χ2n) is 7.27. The normalized spacial score (nSPS) is 16.3. The number of carbonyl (C=O) groups excluding carboxylic acids is 1. The zero-order chi connectivity index (χ0) is 19.7. The highest BCUT2D eigenvalue weighted by Gasteiger charge is 2.27. The average Bonchev–Trinajstić information content (AvgIpc) is 3.20. The van der Waals surface area contributed by atoms with Crippen LogP contribution in [0.25, 0.3) is 10.2 Å². The van der Waals surface area contributed by atoms with E-state index in [4.69, 9.17) is 0 Å². The van der Waals surface area contributed by atoms with Crippen LogP contribution in [0.3, 0.4) is 0 Å². The summed E-state index contributed by atoms with van der Waals surface area (Å²) in [4.78, 5) is 26.2. The fraction of sp³-hybridized carbons (Fsp3) is 0.381. The molecule has 3 heterocycles. The van der Waals surface area contributed by atoms with Crippen molar-refractivity contribution in [3.8, 4) is 0 Å². The van der Waals surface area contributed by atoms with Gasteiger partial charge in [0.05, 0.1) is 16.3 Å². The van der Waals surface area contributed by atoms with Gasteiger partial charge >= 0.3 is 0 Å². The van der Waals surface area contributed by atoms with Gasteiger partial charge in [-0.1, -0.05) is 12.1 Å². The lowest BCUT2D eigenvalue weighted by Crippen LogP contribution is -2.53. The van der Waals surface area contributed by atoms with Crippen LogP contribution in [0.5, 0.6) is 0 Å². The lowest BCUT2D eigenvalue weighted by Gasteiger charge is -2.38. The number of aromatic nitrogens is 2. The Morgan fingerprint density at radius 3 is 2.71 bits per heavy atom. The number of nitrogens with one attached hydrogen (secondary N) is 1. The van der Waals surface area contributed by atoms with Gasteiger partial charge in [-0.15, -0.1) is 11.3 Å². The van der Waals surface area contributed by atoms with Gasteiger partial charge in [0, 0.05) is 31.9 Å². The minimum atomic E-state index is -0.172. The van der Waals surface area contributed by atoms with E-state index in [1.54, 1.807) is 17.7 Å². The highest BCUT2D eigenvalue weighted by molar-refractivity contribution is 7.17. The predicted molar refractivity (Wildman–Crippen MR) is 115 cm³/mol. The molecule has 3 aromatic rings. The number of aryl methyl sites for hydroxylation is 1. The molecule has 0 saturated carbocycles. The van der Waals surface area contributed by atoms with E-state index in [0.717, 1.165) is 53.5 Å². The average molecular weight is 396 g/mol. The molecule has 0 unspecified atom stereocenters. The molecule has 0 bridgehead atoms. The monoisotopic (exact) mass is 395 g/mol. The minimum absolute atomic E-state index is 0.0461. The third-order valence-electron chi connectivity index (χ3n) is 5.63. The minimum Gasteiger partial charge on any atom is -0.353 e. The molecule has 1 aliphatic rings. The summed E-state index contributed by atoms with van der Waals surface area (Å²) >= 11 is 1.68. The van der Waals surface area contributed by atoms with Crippen molar-refractivity contribution in [1.82, 2.24) is 14.9 Å². The van der Waals surface area contributed by atoms with Crippen molar-refractivity contribution < 1.29 is 4.79 Å². The van der Waals surface area contributed by atoms with E-state index >= 15 is 0 Å². The van der Waals surface area contributed by atoms with Crippen molar-refractivity contribution in [3.63, 3.8) is 0 Å². The van der Waals surface area contributed by atoms with Gasteiger partial charge in [-0.25, -0.2) is 9.97 Å². The Labute approximate surface area is 169 Å². The van der Waals surface area contributed by atoms with Crippen LogP contribution in [0.2, 0.25) is 0 Å². The fourth-order valence-electron chi connectivity index (χ4n) is 3.61. The molecule has 2 aromatic heterocycles. The maximum absolute atomic E-state index is 12.8. The van der Waals surface area contributed by atoms with E-state index in [-0.39, 0.29) is 11.9 Å². The summed E-state index contributed by atoms with van der Waals surface area (Å²) in [6, 6.07) is 7.86. The Morgan fingerprint density at radius 1 is 1.14 bits per heavy atom. The number of fused-ring (bicyclic) bond motifs is 1. The third-order valence-corrected chi connectivity index (χ3v) is 6.53. The van der Waals surface area contributed by atoms with E-state index in [2.05, 4.69) is 43.5 Å². The van der Waals surface area contributed by atoms with E-state index < -0.39 is 0 Å². The fourth-order valence-corrected chi connectivity index (χ4v) is 4.47. The summed E-state index contributed by atoms with van der Waals surface area (Å²) < 4.78 is 1.14. The van der Waals surface area contributed by atoms with Crippen molar-refractivity contribution in [1.29, 1.82) is 0 Å². The van der Waals surface area contributed by atoms with Crippen molar-refractivity contribution >= 4 is 39.0 Å². The quantitative estimate of drug-likeness (QED) is 0.733. The van der Waals surface area contributed by atoms with Gasteiger partial charge < -0.3 is 10.2 Å². The highest BCUT2D eigenvalue weighted by Crippen LogP contribution is 2.28. The molecule has 6 nitrogen and oxygen atoms in total. The molecule has 0 aliphatic carbocycles. The van der Waals surface area contributed by atoms with Crippen LogP contribution in [-0.2, 0) is 4.79 Å². The van der Waals surface area contributed by atoms with Crippen LogP contribution in [-0.4, -0.2) is 53.0 Å². The molecule has 1 saturated heterocycles. The number of benzene rings is 1. The second kappa shape index (κ2) is 7.85. The summed E-state index contributed by atoms with van der Waals surface area (Å²) in [5.74, 6) is 1.05. The van der Waals surface area contributed by atoms with Gasteiger partial charge in [-0.3, -0.25) is 9.69 Å². The molecule has 1 amide bonds. The molecule has 4 rings (SSSR count). The molecule has 1 aromatic carbocycles. The Morgan fingerprint density at radius 2 is 1.93 bits per heavy atom. The number of thiophene rings is 1. The standard InChI is InChI=1S/C21H25N5OS/c1-14-5-4-6-17(15(14)2)24-21(27)16(3)25-8-10-26(11-9-25)20-19-18(7-12-28-19)22-13-23-20/h4-7,12-13,16H,8-11H2,1-3H3,(H,24,27)/t16-/m1/s1. The first-order chi connectivity index (χ1) is 13.5. The molecule has 7 heteroatoms. The van der Waals surface area contributed by atoms with Crippen molar-refractivity contribution in [3.05, 3.63) is 47.1 Å². The van der Waals surface area contributed by atoms with Crippen molar-refractivity contribution in [2.24, 2.45) is 0 Å². The van der Waals surface area contributed by atoms with Gasteiger partial charge in [0.25, 0.3) is 0 Å². The summed E-state index contributed by atoms with van der Waals surface area (Å²) in [5, 5.41) is 5.15. The Kier molecular flexibility index (Phi) is 5.28. The molecule has 1 atom stereocenters. The zero-order valence-corrected chi connectivity index (χ0v) is 17.3. The van der Waals surface area contributed by atoms with Crippen LogP contribution >= 0.6 is 11.3 Å². The van der Waals surface area contributed by atoms with Crippen LogP contribution in [0.1, 0.15) is 18.1 Å². The van der Waals surface area contributed by atoms with Crippen LogP contribution in [0.15, 0.2) is 36.0 Å². The molecule has 1 N–H and O–H groups in total. The number of nitrogens with zero attached hydrogens (tertiary/aromatic N) is 4. The summed E-state index contributed by atoms with van der Waals surface area (Å²) in [6.45, 7) is 9.46. The third kappa shape index (κ3) is 3.59. The summed E-state index contributed by atoms with van der Waals surface area (Å²) in [5.41, 5.74) is 4.20. The van der Waals surface area contributed by atoms with Gasteiger partial charge in [0.2, 0.25) is 5.91 Å². The van der Waals surface area contributed by atoms with E-state index in [1.165, 1.54) is 5.56 Å². The maximum Gasteiger partial charge on any atom is 0.241 e. The first-order valence-electron chi connectivity index (χ1n) is 9.59. The number of hydrogen-bond acceptors (Lipinski definition) is 6. The molecular weight excluding hydrogens is 370 g/mol. The number of rotatable bonds is 4. The van der Waals surface area contributed by atoms with Crippen LogP contribution in [0, 0.1) is 13.8 Å². The lowest BCUT2D eigenvalue weighted by molar-refractivity contribution is -0.120.